The highest BCUT2D eigenvalue weighted by atomic mass is 19.4. The first-order chi connectivity index (χ1) is 15.5. The van der Waals surface area contributed by atoms with E-state index in [1.165, 1.54) is 4.68 Å². The quantitative estimate of drug-likeness (QED) is 0.412. The number of amides is 1. The Kier molecular flexibility index (Phi) is 5.56. The fourth-order valence-corrected chi connectivity index (χ4v) is 3.28. The van der Waals surface area contributed by atoms with Gasteiger partial charge < -0.3 is 5.32 Å². The SMILES string of the molecule is O=C(NCc1cc(C(F)(F)F)cc(C(F)(F)F)c1)c1ncnn1-c1ccc2ccccc2c1. The second-order valence-corrected chi connectivity index (χ2v) is 7.12. The lowest BCUT2D eigenvalue weighted by Crippen LogP contribution is -2.26. The third-order valence-corrected chi connectivity index (χ3v) is 4.83. The second kappa shape index (κ2) is 8.23. The Labute approximate surface area is 182 Å². The molecule has 5 nitrogen and oxygen atoms in total. The summed E-state index contributed by atoms with van der Waals surface area (Å²) >= 11 is 0. The Morgan fingerprint density at radius 2 is 1.48 bits per heavy atom. The molecule has 0 atom stereocenters. The van der Waals surface area contributed by atoms with E-state index in [2.05, 4.69) is 15.4 Å². The third-order valence-electron chi connectivity index (χ3n) is 4.83. The zero-order valence-corrected chi connectivity index (χ0v) is 16.6. The third kappa shape index (κ3) is 4.81. The second-order valence-electron chi connectivity index (χ2n) is 7.12. The molecule has 0 aliphatic heterocycles. The van der Waals surface area contributed by atoms with Crippen LogP contribution in [-0.2, 0) is 18.9 Å². The van der Waals surface area contributed by atoms with E-state index in [1.807, 2.05) is 30.3 Å². The Hall–Kier alpha value is -3.89. The van der Waals surface area contributed by atoms with Gasteiger partial charge in [0.1, 0.15) is 6.33 Å². The van der Waals surface area contributed by atoms with Gasteiger partial charge in [0.25, 0.3) is 5.91 Å². The highest BCUT2D eigenvalue weighted by Crippen LogP contribution is 2.36. The van der Waals surface area contributed by atoms with Crippen molar-refractivity contribution >= 4 is 16.7 Å². The molecule has 3 aromatic carbocycles. The van der Waals surface area contributed by atoms with Gasteiger partial charge >= 0.3 is 12.4 Å². The van der Waals surface area contributed by atoms with Gasteiger partial charge in [-0.1, -0.05) is 30.3 Å². The molecule has 4 aromatic rings. The largest absolute Gasteiger partial charge is 0.416 e. The Morgan fingerprint density at radius 3 is 2.12 bits per heavy atom. The van der Waals surface area contributed by atoms with Gasteiger partial charge in [0.05, 0.1) is 16.8 Å². The number of hydrogen-bond acceptors (Lipinski definition) is 3. The molecule has 0 saturated carbocycles. The highest BCUT2D eigenvalue weighted by molar-refractivity contribution is 5.91. The first kappa shape index (κ1) is 22.3. The van der Waals surface area contributed by atoms with Crippen LogP contribution >= 0.6 is 0 Å². The number of alkyl halides is 6. The lowest BCUT2D eigenvalue weighted by molar-refractivity contribution is -0.143. The average Bonchev–Trinajstić information content (AvgIpc) is 3.26. The fourth-order valence-electron chi connectivity index (χ4n) is 3.28. The number of fused-ring (bicyclic) bond motifs is 1. The van der Waals surface area contributed by atoms with E-state index in [4.69, 9.17) is 0 Å². The number of rotatable bonds is 4. The number of benzene rings is 3. The molecule has 33 heavy (non-hydrogen) atoms. The summed E-state index contributed by atoms with van der Waals surface area (Å²) < 4.78 is 79.4. The Morgan fingerprint density at radius 1 is 0.848 bits per heavy atom. The number of halogens is 6. The minimum atomic E-state index is -4.98. The van der Waals surface area contributed by atoms with Crippen LogP contribution in [0.3, 0.4) is 0 Å². The van der Waals surface area contributed by atoms with Crippen LogP contribution in [0, 0.1) is 0 Å². The van der Waals surface area contributed by atoms with Crippen LogP contribution < -0.4 is 5.32 Å². The summed E-state index contributed by atoms with van der Waals surface area (Å²) in [7, 11) is 0. The van der Waals surface area contributed by atoms with Crippen molar-refractivity contribution in [2.24, 2.45) is 0 Å². The zero-order chi connectivity index (χ0) is 23.8. The number of hydrogen-bond donors (Lipinski definition) is 1. The minimum absolute atomic E-state index is 0.0294. The standard InChI is InChI=1S/C22H14F6N4O/c23-21(24,25)16-7-13(8-17(10-16)22(26,27)28)11-29-20(33)19-30-12-31-32(19)18-6-5-14-3-1-2-4-15(14)9-18/h1-10,12H,11H2,(H,29,33). The average molecular weight is 464 g/mol. The molecular formula is C22H14F6N4O. The Balaban J connectivity index is 1.59. The molecule has 0 aliphatic rings. The van der Waals surface area contributed by atoms with Gasteiger partial charge in [-0.25, -0.2) is 9.67 Å². The summed E-state index contributed by atoms with van der Waals surface area (Å²) in [4.78, 5) is 16.5. The molecule has 0 bridgehead atoms. The molecule has 0 unspecified atom stereocenters. The molecule has 1 heterocycles. The van der Waals surface area contributed by atoms with E-state index < -0.39 is 35.9 Å². The molecule has 1 aromatic heterocycles. The molecule has 1 N–H and O–H groups in total. The maximum atomic E-state index is 13.0. The van der Waals surface area contributed by atoms with E-state index >= 15 is 0 Å². The molecule has 0 fully saturated rings. The van der Waals surface area contributed by atoms with Crippen LogP contribution in [0.15, 0.2) is 67.0 Å². The fraction of sp³-hybridized carbons (Fsp3) is 0.136. The molecular weight excluding hydrogens is 450 g/mol. The van der Waals surface area contributed by atoms with Crippen molar-refractivity contribution in [1.29, 1.82) is 0 Å². The lowest BCUT2D eigenvalue weighted by Gasteiger charge is -2.14. The molecule has 0 aliphatic carbocycles. The lowest BCUT2D eigenvalue weighted by atomic mass is 10.0. The maximum Gasteiger partial charge on any atom is 0.416 e. The van der Waals surface area contributed by atoms with E-state index in [0.29, 0.717) is 17.8 Å². The van der Waals surface area contributed by atoms with E-state index in [1.54, 1.807) is 12.1 Å². The number of aromatic nitrogens is 3. The smallest absolute Gasteiger partial charge is 0.345 e. The maximum absolute atomic E-state index is 13.0. The van der Waals surface area contributed by atoms with Gasteiger partial charge in [-0.3, -0.25) is 4.79 Å². The monoisotopic (exact) mass is 464 g/mol. The van der Waals surface area contributed by atoms with Crippen molar-refractivity contribution in [2.45, 2.75) is 18.9 Å². The van der Waals surface area contributed by atoms with Crippen molar-refractivity contribution in [2.75, 3.05) is 0 Å². The van der Waals surface area contributed by atoms with Crippen molar-refractivity contribution in [1.82, 2.24) is 20.1 Å². The number of carbonyl (C=O) groups excluding carboxylic acids is 1. The zero-order valence-electron chi connectivity index (χ0n) is 16.6. The Bertz CT molecular complexity index is 1290. The molecule has 4 rings (SSSR count). The number of nitrogens with zero attached hydrogens (tertiary/aromatic N) is 3. The first-order valence-corrected chi connectivity index (χ1v) is 9.48. The van der Waals surface area contributed by atoms with Crippen molar-refractivity contribution in [3.8, 4) is 5.69 Å². The molecule has 0 saturated heterocycles. The summed E-state index contributed by atoms with van der Waals surface area (Å²) in [5.74, 6) is -0.986. The summed E-state index contributed by atoms with van der Waals surface area (Å²) in [5.41, 5.74) is -2.76. The normalized spacial score (nSPS) is 12.2. The van der Waals surface area contributed by atoms with Crippen LogP contribution in [0.1, 0.15) is 27.3 Å². The minimum Gasteiger partial charge on any atom is -0.345 e. The number of carbonyl (C=O) groups is 1. The van der Waals surface area contributed by atoms with Gasteiger partial charge in [0.15, 0.2) is 0 Å². The van der Waals surface area contributed by atoms with Crippen molar-refractivity contribution in [3.63, 3.8) is 0 Å². The van der Waals surface area contributed by atoms with Crippen molar-refractivity contribution in [3.05, 3.63) is 89.5 Å². The molecule has 11 heteroatoms. The van der Waals surface area contributed by atoms with Crippen LogP contribution in [0.2, 0.25) is 0 Å². The summed E-state index contributed by atoms with van der Waals surface area (Å²) in [6, 6.07) is 13.9. The van der Waals surface area contributed by atoms with Crippen LogP contribution in [0.25, 0.3) is 16.5 Å². The summed E-state index contributed by atoms with van der Waals surface area (Å²) in [5, 5.41) is 8.15. The summed E-state index contributed by atoms with van der Waals surface area (Å²) in [6.07, 6.45) is -8.83. The highest BCUT2D eigenvalue weighted by Gasteiger charge is 2.36. The van der Waals surface area contributed by atoms with Gasteiger partial charge in [-0.05, 0) is 46.7 Å². The van der Waals surface area contributed by atoms with Gasteiger partial charge in [0, 0.05) is 6.54 Å². The van der Waals surface area contributed by atoms with Crippen LogP contribution in [-0.4, -0.2) is 20.7 Å². The van der Waals surface area contributed by atoms with Gasteiger partial charge in [0.2, 0.25) is 5.82 Å². The van der Waals surface area contributed by atoms with E-state index in [9.17, 15) is 31.1 Å². The van der Waals surface area contributed by atoms with Gasteiger partial charge in [-0.2, -0.15) is 31.4 Å². The van der Waals surface area contributed by atoms with Crippen LogP contribution in [0.5, 0.6) is 0 Å². The molecule has 170 valence electrons. The molecule has 1 amide bonds. The molecule has 0 spiro atoms. The topological polar surface area (TPSA) is 59.8 Å². The molecule has 0 radical (unpaired) electrons. The van der Waals surface area contributed by atoms with Gasteiger partial charge in [-0.15, -0.1) is 0 Å². The van der Waals surface area contributed by atoms with Crippen molar-refractivity contribution < 1.29 is 31.1 Å². The van der Waals surface area contributed by atoms with Crippen LogP contribution in [0.4, 0.5) is 26.3 Å². The van der Waals surface area contributed by atoms with E-state index in [0.717, 1.165) is 17.1 Å². The summed E-state index contributed by atoms with van der Waals surface area (Å²) in [6.45, 7) is -0.573. The first-order valence-electron chi connectivity index (χ1n) is 9.48. The number of nitrogens with one attached hydrogen (secondary N) is 1. The predicted molar refractivity (Wildman–Crippen MR) is 106 cm³/mol. The van der Waals surface area contributed by atoms with E-state index in [-0.39, 0.29) is 17.5 Å². The predicted octanol–water partition coefficient (Wildman–Crippen LogP) is 5.39.